The molecule has 0 aromatic rings. The van der Waals surface area contributed by atoms with Gasteiger partial charge in [-0.3, -0.25) is 8.92 Å². The van der Waals surface area contributed by atoms with Gasteiger partial charge in [0.25, 0.3) is 0 Å². The fourth-order valence-electron chi connectivity index (χ4n) is 0. The third-order valence-electron chi connectivity index (χ3n) is 0.0417. The molecule has 0 saturated carbocycles. The van der Waals surface area contributed by atoms with Gasteiger partial charge in [0.1, 0.15) is 0 Å². The summed E-state index contributed by atoms with van der Waals surface area (Å²) in [7, 11) is -1.42. The van der Waals surface area contributed by atoms with E-state index < -0.39 is 9.29 Å². The van der Waals surface area contributed by atoms with E-state index in [1.54, 1.807) is 0 Å². The van der Waals surface area contributed by atoms with Crippen molar-refractivity contribution in [2.45, 2.75) is 0 Å². The molecule has 0 saturated heterocycles. The van der Waals surface area contributed by atoms with Gasteiger partial charge in [0.05, 0.1) is 0 Å². The highest BCUT2D eigenvalue weighted by Crippen LogP contribution is 0.915. The van der Waals surface area contributed by atoms with Crippen LogP contribution >= 0.6 is 0 Å². The van der Waals surface area contributed by atoms with Gasteiger partial charge in [-0.25, -0.2) is 9.59 Å². The first kappa shape index (κ1) is 23.1. The highest BCUT2D eigenvalue weighted by atomic mass is 28.2. The van der Waals surface area contributed by atoms with Crippen LogP contribution in [0.1, 0.15) is 1.43 Å². The van der Waals surface area contributed by atoms with Crippen molar-refractivity contribution in [3.05, 3.63) is 13.2 Å². The zero-order valence-electron chi connectivity index (χ0n) is 4.55. The van der Waals surface area contributed by atoms with Gasteiger partial charge in [-0.1, -0.05) is 0 Å². The molecule has 0 bridgehead atoms. The summed E-state index contributed by atoms with van der Waals surface area (Å²) in [4.78, 5) is 17.2. The Morgan fingerprint density at radius 1 is 1.10 bits per heavy atom. The summed E-state index contributed by atoms with van der Waals surface area (Å²) >= 11 is 0. The molecule has 0 spiro atoms. The third-order valence-corrected chi connectivity index (χ3v) is 0.0417. The van der Waals surface area contributed by atoms with Gasteiger partial charge >= 0.3 is 9.29 Å². The zero-order valence-corrected chi connectivity index (χ0v) is 5.55. The van der Waals surface area contributed by atoms with Gasteiger partial charge in [0.15, 0.2) is 0 Å². The molecule has 58 valence electrons. The molecule has 0 amide bonds. The van der Waals surface area contributed by atoms with Gasteiger partial charge in [-0.2, -0.15) is 0 Å². The molecule has 0 aromatic carbocycles. The largest absolute Gasteiger partial charge is 0.549 e. The van der Waals surface area contributed by atoms with E-state index in [-0.39, 0.29) is 12.4 Å². The van der Waals surface area contributed by atoms with Crippen LogP contribution in [0.2, 0.25) is 0 Å². The molecule has 0 atom stereocenters. The second-order valence-corrected chi connectivity index (χ2v) is 0.454. The lowest BCUT2D eigenvalue weighted by Crippen LogP contribution is -1.38. The van der Waals surface area contributed by atoms with Gasteiger partial charge < -0.3 is 0 Å². The molecule has 6 heteroatoms. The number of hydrogen-bond acceptors (Lipinski definition) is 4. The second kappa shape index (κ2) is 102. The molecule has 0 N–H and O–H groups in total. The molecule has 0 rings (SSSR count). The average Bonchev–Trinajstić information content (AvgIpc) is 1.94. The first-order chi connectivity index (χ1) is 4.33. The Bertz CT molecular complexity index is 134. The number of carbonyl (C=O) groups excluding carboxylic acids is 2. The Kier molecular flexibility index (Phi) is 236. The molecular formula is C4H10O4Si2. The van der Waals surface area contributed by atoms with Crippen LogP contribution in [-0.2, 0) is 18.5 Å². The zero-order chi connectivity index (χ0) is 8.12. The highest BCUT2D eigenvalue weighted by Gasteiger charge is 1.27. The van der Waals surface area contributed by atoms with Crippen LogP contribution in [0.4, 0.5) is 0 Å². The molecule has 10 heavy (non-hydrogen) atoms. The summed E-state index contributed by atoms with van der Waals surface area (Å²) in [5.41, 5.74) is 0. The molecule has 0 aliphatic carbocycles. The van der Waals surface area contributed by atoms with Gasteiger partial charge in [0.2, 0.25) is 11.9 Å². The number of rotatable bonds is 0. The first-order valence-corrected chi connectivity index (χ1v) is 2.38. The Hall–Kier alpha value is -1.07. The molecule has 0 heterocycles. The Balaban J connectivity index is -0.0000000158. The van der Waals surface area contributed by atoms with Gasteiger partial charge in [0, 0.05) is 1.43 Å². The van der Waals surface area contributed by atoms with E-state index >= 15 is 0 Å². The fraction of sp³-hybridized carbons (Fsp3) is 0. The maximum atomic E-state index is 8.62. The SMILES string of the molecule is C=C.O=C=C=O.O=[Si]=O.[2HH].[SiH4]. The van der Waals surface area contributed by atoms with Crippen LogP contribution in [0.5, 0.6) is 0 Å². The topological polar surface area (TPSA) is 68.3 Å². The lowest BCUT2D eigenvalue weighted by atomic mass is 11.2. The standard InChI is InChI=1S/C2O2.C2H4.O2Si.H4Si.H2/c3-1-2-4;1-2;1-3-2;;/h;1-2H2;;1H4;1H/i;;;;1+1. The maximum absolute atomic E-state index is 8.62. The van der Waals surface area contributed by atoms with Crippen molar-refractivity contribution in [2.24, 2.45) is 0 Å². The molecule has 0 aromatic heterocycles. The maximum Gasteiger partial charge on any atom is 0.549 e. The van der Waals surface area contributed by atoms with Crippen molar-refractivity contribution in [1.29, 1.82) is 0 Å². The van der Waals surface area contributed by atoms with E-state index in [1.165, 1.54) is 0 Å². The van der Waals surface area contributed by atoms with Crippen LogP contribution in [-0.4, -0.2) is 32.1 Å². The fourth-order valence-corrected chi connectivity index (χ4v) is 0. The van der Waals surface area contributed by atoms with Crippen LogP contribution < -0.4 is 0 Å². The Morgan fingerprint density at radius 2 is 1.20 bits per heavy atom. The van der Waals surface area contributed by atoms with Crippen molar-refractivity contribution in [3.63, 3.8) is 0 Å². The Morgan fingerprint density at radius 3 is 1.20 bits per heavy atom. The van der Waals surface area contributed by atoms with Gasteiger partial charge in [-0.15, -0.1) is 13.2 Å². The summed E-state index contributed by atoms with van der Waals surface area (Å²) in [5.74, 6) is 1.75. The molecule has 0 fully saturated rings. The quantitative estimate of drug-likeness (QED) is 0.249. The summed E-state index contributed by atoms with van der Waals surface area (Å²) in [6.07, 6.45) is 0. The van der Waals surface area contributed by atoms with Crippen molar-refractivity contribution in [1.82, 2.24) is 0 Å². The molecule has 0 aliphatic heterocycles. The van der Waals surface area contributed by atoms with Crippen LogP contribution in [0.25, 0.3) is 0 Å². The summed E-state index contributed by atoms with van der Waals surface area (Å²) in [5, 5.41) is 0. The molecule has 0 aliphatic rings. The van der Waals surface area contributed by atoms with Crippen molar-refractivity contribution in [3.8, 4) is 0 Å². The predicted octanol–water partition coefficient (Wildman–Crippen LogP) is -1.82. The van der Waals surface area contributed by atoms with Crippen LogP contribution in [0.15, 0.2) is 13.2 Å². The van der Waals surface area contributed by atoms with E-state index in [1.807, 2.05) is 0 Å². The highest BCUT2D eigenvalue weighted by molar-refractivity contribution is 5.94. The van der Waals surface area contributed by atoms with Gasteiger partial charge in [-0.05, 0) is 11.0 Å². The molecule has 4 nitrogen and oxygen atoms in total. The van der Waals surface area contributed by atoms with Crippen molar-refractivity contribution in [2.75, 3.05) is 0 Å². The third kappa shape index (κ3) is 55700. The summed E-state index contributed by atoms with van der Waals surface area (Å²) < 4.78 is 16.8. The average molecular weight is 179 g/mol. The number of hydrogen-bond donors (Lipinski definition) is 0. The van der Waals surface area contributed by atoms with E-state index in [9.17, 15) is 0 Å². The minimum absolute atomic E-state index is 0. The summed E-state index contributed by atoms with van der Waals surface area (Å²) in [6, 6.07) is 0. The normalized spacial score (nSPS) is 2.40. The van der Waals surface area contributed by atoms with Crippen LogP contribution in [0, 0.1) is 0 Å². The smallest absolute Gasteiger partial charge is 0.274 e. The minimum Gasteiger partial charge on any atom is -0.274 e. The summed E-state index contributed by atoms with van der Waals surface area (Å²) in [6.45, 7) is 6.00. The first-order valence-electron chi connectivity index (χ1n) is 1.57. The van der Waals surface area contributed by atoms with E-state index in [0.717, 1.165) is 11.9 Å². The van der Waals surface area contributed by atoms with Crippen molar-refractivity contribution < 1.29 is 19.9 Å². The minimum atomic E-state index is -1.42. The lowest BCUT2D eigenvalue weighted by molar-refractivity contribution is 0.497. The lowest BCUT2D eigenvalue weighted by Gasteiger charge is -1.07. The van der Waals surface area contributed by atoms with Crippen LogP contribution in [0.3, 0.4) is 0 Å². The predicted molar refractivity (Wildman–Crippen MR) is 43.2 cm³/mol. The molecular weight excluding hydrogens is 168 g/mol. The Labute approximate surface area is 66.1 Å². The second-order valence-electron chi connectivity index (χ2n) is 0.287. The van der Waals surface area contributed by atoms with E-state index in [4.69, 9.17) is 18.5 Å². The molecule has 0 radical (unpaired) electrons. The monoisotopic (exact) mass is 179 g/mol. The van der Waals surface area contributed by atoms with E-state index in [0.29, 0.717) is 0 Å². The van der Waals surface area contributed by atoms with E-state index in [2.05, 4.69) is 13.2 Å². The molecule has 0 unspecified atom stereocenters. The van der Waals surface area contributed by atoms with Crippen molar-refractivity contribution >= 4 is 32.1 Å².